The fraction of sp³-hybridized carbons (Fsp3) is 0.0455. The van der Waals surface area contributed by atoms with Crippen LogP contribution in [0.5, 0.6) is 0 Å². The van der Waals surface area contributed by atoms with Crippen LogP contribution in [0.1, 0.15) is 11.1 Å². The van der Waals surface area contributed by atoms with Gasteiger partial charge in [-0.1, -0.05) is 65.0 Å². The van der Waals surface area contributed by atoms with Crippen LogP contribution in [0.25, 0.3) is 17.0 Å². The highest BCUT2D eigenvalue weighted by atomic mass is 35.5. The third-order valence-corrected chi connectivity index (χ3v) is 6.95. The Balaban J connectivity index is 1.28. The first-order valence-electron chi connectivity index (χ1n) is 9.26. The fourth-order valence-electron chi connectivity index (χ4n) is 3.31. The third-order valence-electron chi connectivity index (χ3n) is 4.75. The van der Waals surface area contributed by atoms with E-state index >= 15 is 0 Å². The van der Waals surface area contributed by atoms with Gasteiger partial charge in [0.15, 0.2) is 4.34 Å². The van der Waals surface area contributed by atoms with E-state index in [0.29, 0.717) is 21.4 Å². The zero-order valence-corrected chi connectivity index (χ0v) is 18.2. The predicted octanol–water partition coefficient (Wildman–Crippen LogP) is 5.04. The molecule has 2 heterocycles. The molecule has 1 N–H and O–H groups in total. The van der Waals surface area contributed by atoms with E-state index in [1.54, 1.807) is 18.3 Å². The average Bonchev–Trinajstić information content (AvgIpc) is 3.39. The summed E-state index contributed by atoms with van der Waals surface area (Å²) in [5, 5.41) is 12.5. The molecule has 0 fully saturated rings. The van der Waals surface area contributed by atoms with Crippen molar-refractivity contribution in [2.45, 2.75) is 15.7 Å². The Morgan fingerprint density at radius 2 is 1.97 bits per heavy atom. The third kappa shape index (κ3) is 4.10. The van der Waals surface area contributed by atoms with Gasteiger partial charge in [-0.3, -0.25) is 19.9 Å². The Morgan fingerprint density at radius 3 is 2.84 bits per heavy atom. The Morgan fingerprint density at radius 1 is 1.10 bits per heavy atom. The minimum Gasteiger partial charge on any atom is -0.293 e. The monoisotopic (exact) mass is 464 g/mol. The van der Waals surface area contributed by atoms with Gasteiger partial charge in [0.25, 0.3) is 5.91 Å². The molecule has 4 aromatic rings. The number of nitrogens with one attached hydrogen (secondary N) is 1. The summed E-state index contributed by atoms with van der Waals surface area (Å²) in [5.74, 6) is -1.27. The van der Waals surface area contributed by atoms with E-state index in [9.17, 15) is 9.59 Å². The van der Waals surface area contributed by atoms with E-state index in [1.807, 2.05) is 42.5 Å². The van der Waals surface area contributed by atoms with Crippen molar-refractivity contribution >= 4 is 68.5 Å². The number of hydrogen-bond acceptors (Lipinski definition) is 7. The van der Waals surface area contributed by atoms with Gasteiger partial charge in [0.1, 0.15) is 0 Å². The summed E-state index contributed by atoms with van der Waals surface area (Å²) in [5.41, 5.74) is 3.27. The van der Waals surface area contributed by atoms with E-state index < -0.39 is 11.7 Å². The molecule has 31 heavy (non-hydrogen) atoms. The van der Waals surface area contributed by atoms with Gasteiger partial charge in [-0.25, -0.2) is 0 Å². The Kier molecular flexibility index (Phi) is 5.27. The molecule has 0 spiro atoms. The average molecular weight is 465 g/mol. The van der Waals surface area contributed by atoms with Crippen molar-refractivity contribution in [2.75, 3.05) is 5.32 Å². The topological polar surface area (TPSA) is 84.8 Å². The number of rotatable bonds is 5. The minimum atomic E-state index is -0.712. The first-order valence-corrected chi connectivity index (χ1v) is 11.3. The van der Waals surface area contributed by atoms with Crippen molar-refractivity contribution < 1.29 is 9.59 Å². The number of carbonyl (C=O) groups is 2. The molecule has 9 heteroatoms. The molecule has 6 nitrogen and oxygen atoms in total. The van der Waals surface area contributed by atoms with Crippen LogP contribution < -0.4 is 5.32 Å². The van der Waals surface area contributed by atoms with Crippen molar-refractivity contribution in [2.24, 2.45) is 0 Å². The number of carbonyl (C=O) groups excluding carboxylic acids is 2. The molecule has 1 amide bonds. The number of Topliss-reactive ketones (excluding diaryl/α,β-unsaturated/α-hetero) is 1. The van der Waals surface area contributed by atoms with Crippen LogP contribution >= 0.6 is 34.7 Å². The number of benzene rings is 2. The number of hydrogen-bond donors (Lipinski definition) is 1. The lowest BCUT2D eigenvalue weighted by atomic mass is 10.1. The molecule has 2 aromatic carbocycles. The molecule has 0 atom stereocenters. The molecule has 0 saturated heterocycles. The Hall–Kier alpha value is -3.07. The molecule has 1 aliphatic rings. The Bertz CT molecular complexity index is 1380. The number of pyridine rings is 1. The van der Waals surface area contributed by atoms with Gasteiger partial charge in [-0.05, 0) is 35.4 Å². The van der Waals surface area contributed by atoms with Gasteiger partial charge in [-0.2, -0.15) is 0 Å². The molecular formula is C22H13ClN4O2S2. The fourth-order valence-corrected chi connectivity index (χ4v) is 5.30. The van der Waals surface area contributed by atoms with Crippen molar-refractivity contribution in [1.82, 2.24) is 15.2 Å². The normalized spacial score (nSPS) is 12.5. The van der Waals surface area contributed by atoms with Crippen molar-refractivity contribution in [3.05, 3.63) is 76.5 Å². The van der Waals surface area contributed by atoms with Gasteiger partial charge < -0.3 is 0 Å². The number of nitrogens with zero attached hydrogens (tertiary/aromatic N) is 3. The van der Waals surface area contributed by atoms with Gasteiger partial charge in [0, 0.05) is 33.5 Å². The van der Waals surface area contributed by atoms with E-state index in [1.165, 1.54) is 23.1 Å². The van der Waals surface area contributed by atoms with E-state index in [0.717, 1.165) is 26.9 Å². The maximum absolute atomic E-state index is 12.5. The minimum absolute atomic E-state index is 0.276. The summed E-state index contributed by atoms with van der Waals surface area (Å²) in [7, 11) is 0. The maximum Gasteiger partial charge on any atom is 0.298 e. The van der Waals surface area contributed by atoms with Crippen LogP contribution in [-0.4, -0.2) is 26.9 Å². The summed E-state index contributed by atoms with van der Waals surface area (Å²) < 4.78 is 0.637. The molecule has 0 aliphatic heterocycles. The lowest BCUT2D eigenvalue weighted by Gasteiger charge is -2.03. The van der Waals surface area contributed by atoms with Gasteiger partial charge >= 0.3 is 0 Å². The van der Waals surface area contributed by atoms with E-state index in [2.05, 4.69) is 20.5 Å². The molecule has 1 aliphatic carbocycles. The second kappa shape index (κ2) is 8.22. The largest absolute Gasteiger partial charge is 0.298 e. The number of halogens is 1. The van der Waals surface area contributed by atoms with E-state index in [-0.39, 0.29) is 5.13 Å². The SMILES string of the molecule is O=C(Nc1nnc(Sc2ccnc3cc(Cl)ccc23)s1)C(=O)C1=Cc2ccccc2C1. The van der Waals surface area contributed by atoms with Gasteiger partial charge in [0.05, 0.1) is 5.52 Å². The van der Waals surface area contributed by atoms with Crippen LogP contribution in [0, 0.1) is 0 Å². The number of aromatic nitrogens is 3. The van der Waals surface area contributed by atoms with Crippen molar-refractivity contribution in [3.63, 3.8) is 0 Å². The number of ketones is 1. The zero-order valence-electron chi connectivity index (χ0n) is 15.8. The van der Waals surface area contributed by atoms with Crippen LogP contribution in [0.2, 0.25) is 5.02 Å². The lowest BCUT2D eigenvalue weighted by Crippen LogP contribution is -2.24. The first-order chi connectivity index (χ1) is 15.1. The zero-order chi connectivity index (χ0) is 21.4. The maximum atomic E-state index is 12.5. The standard InChI is InChI=1S/C22H13ClN4O2S2/c23-15-5-6-16-17(11-15)24-8-7-18(16)30-22-27-26-21(31-22)25-20(29)19(28)14-9-12-3-1-2-4-13(12)10-14/h1-9,11H,10H2,(H,25,26,29). The summed E-state index contributed by atoms with van der Waals surface area (Å²) in [4.78, 5) is 30.3. The molecule has 0 bridgehead atoms. The number of anilines is 1. The van der Waals surface area contributed by atoms with Crippen LogP contribution in [-0.2, 0) is 16.0 Å². The molecular weight excluding hydrogens is 452 g/mol. The molecule has 5 rings (SSSR count). The first kappa shape index (κ1) is 19.9. The lowest BCUT2D eigenvalue weighted by molar-refractivity contribution is -0.132. The second-order valence-corrected chi connectivity index (χ2v) is 9.48. The van der Waals surface area contributed by atoms with Crippen LogP contribution in [0.4, 0.5) is 5.13 Å². The second-order valence-electron chi connectivity index (χ2n) is 6.77. The summed E-state index contributed by atoms with van der Waals surface area (Å²) in [6, 6.07) is 15.1. The summed E-state index contributed by atoms with van der Waals surface area (Å²) in [6.45, 7) is 0. The quantitative estimate of drug-likeness (QED) is 0.329. The molecule has 152 valence electrons. The van der Waals surface area contributed by atoms with Crippen molar-refractivity contribution in [1.29, 1.82) is 0 Å². The summed E-state index contributed by atoms with van der Waals surface area (Å²) in [6.07, 6.45) is 3.93. The highest BCUT2D eigenvalue weighted by Gasteiger charge is 2.24. The van der Waals surface area contributed by atoms with Gasteiger partial charge in [-0.15, -0.1) is 10.2 Å². The Labute approximate surface area is 190 Å². The summed E-state index contributed by atoms with van der Waals surface area (Å²) >= 11 is 8.66. The highest BCUT2D eigenvalue weighted by Crippen LogP contribution is 2.36. The van der Waals surface area contributed by atoms with Crippen molar-refractivity contribution in [3.8, 4) is 0 Å². The highest BCUT2D eigenvalue weighted by molar-refractivity contribution is 8.01. The predicted molar refractivity (Wildman–Crippen MR) is 123 cm³/mol. The smallest absolute Gasteiger partial charge is 0.293 e. The molecule has 2 aromatic heterocycles. The molecule has 0 saturated carbocycles. The number of amides is 1. The number of fused-ring (bicyclic) bond motifs is 2. The molecule has 0 radical (unpaired) electrons. The van der Waals surface area contributed by atoms with E-state index in [4.69, 9.17) is 11.6 Å². The molecule has 0 unspecified atom stereocenters. The van der Waals surface area contributed by atoms with Crippen LogP contribution in [0.3, 0.4) is 0 Å². The van der Waals surface area contributed by atoms with Crippen LogP contribution in [0.15, 0.2) is 69.5 Å². The van der Waals surface area contributed by atoms with Gasteiger partial charge in [0.2, 0.25) is 10.9 Å².